The van der Waals surface area contributed by atoms with Gasteiger partial charge in [0, 0.05) is 23.0 Å². The van der Waals surface area contributed by atoms with Crippen LogP contribution in [0, 0.1) is 20.8 Å². The number of benzene rings is 1. The van der Waals surface area contributed by atoms with Crippen molar-refractivity contribution in [2.24, 2.45) is 0 Å². The molecule has 0 radical (unpaired) electrons. The molecular weight excluding hydrogens is 380 g/mol. The first kappa shape index (κ1) is 20.3. The fraction of sp³-hybridized carbons (Fsp3) is 0.400. The molecule has 0 unspecified atom stereocenters. The number of sulfonamides is 1. The normalized spacial score (nSPS) is 14.1. The molecule has 3 rings (SSSR count). The lowest BCUT2D eigenvalue weighted by Gasteiger charge is -2.09. The Kier molecular flexibility index (Phi) is 5.71. The molecule has 0 spiro atoms. The van der Waals surface area contributed by atoms with Gasteiger partial charge in [-0.3, -0.25) is 9.59 Å². The van der Waals surface area contributed by atoms with Gasteiger partial charge in [-0.1, -0.05) is 17.7 Å². The first-order valence-corrected chi connectivity index (χ1v) is 10.6. The Balaban J connectivity index is 1.53. The molecule has 1 N–H and O–H groups in total. The first-order chi connectivity index (χ1) is 13.2. The number of rotatable bonds is 8. The Morgan fingerprint density at radius 2 is 1.79 bits per heavy atom. The number of carbonyl (C=O) groups is 2. The molecule has 1 aromatic carbocycles. The largest absolute Gasteiger partial charge is 0.456 e. The molecule has 1 aliphatic rings. The summed E-state index contributed by atoms with van der Waals surface area (Å²) in [5, 5.41) is 0. The number of nitrogens with zero attached hydrogens (tertiary/aromatic N) is 1. The lowest BCUT2D eigenvalue weighted by molar-refractivity contribution is -0.141. The molecule has 2 aromatic rings. The van der Waals surface area contributed by atoms with Crippen molar-refractivity contribution >= 4 is 21.8 Å². The quantitative estimate of drug-likeness (QED) is 0.539. The van der Waals surface area contributed by atoms with Gasteiger partial charge in [0.05, 0.1) is 4.90 Å². The zero-order valence-electron chi connectivity index (χ0n) is 16.2. The number of esters is 1. The van der Waals surface area contributed by atoms with E-state index in [1.807, 2.05) is 26.8 Å². The highest BCUT2D eigenvalue weighted by molar-refractivity contribution is 7.89. The van der Waals surface area contributed by atoms with Crippen LogP contribution in [0.2, 0.25) is 0 Å². The third kappa shape index (κ3) is 4.51. The molecule has 0 saturated heterocycles. The molecule has 0 amide bonds. The van der Waals surface area contributed by atoms with Gasteiger partial charge in [-0.2, -0.15) is 4.72 Å². The standard InChI is InChI=1S/C20H24N2O5S/c1-13-4-8-17(9-5-13)28(25,26)21-11-20(24)27-12-19(23)18-10-14(2)22(15(18)3)16-6-7-16/h4-5,8-10,16,21H,6-7,11-12H2,1-3H3. The van der Waals surface area contributed by atoms with Crippen molar-refractivity contribution in [3.63, 3.8) is 0 Å². The highest BCUT2D eigenvalue weighted by Gasteiger charge is 2.28. The summed E-state index contributed by atoms with van der Waals surface area (Å²) in [5.41, 5.74) is 3.36. The zero-order valence-corrected chi connectivity index (χ0v) is 17.0. The summed E-state index contributed by atoms with van der Waals surface area (Å²) in [6.07, 6.45) is 2.22. The van der Waals surface area contributed by atoms with Crippen molar-refractivity contribution in [1.82, 2.24) is 9.29 Å². The van der Waals surface area contributed by atoms with Crippen molar-refractivity contribution in [3.8, 4) is 0 Å². The van der Waals surface area contributed by atoms with E-state index >= 15 is 0 Å². The summed E-state index contributed by atoms with van der Waals surface area (Å²) >= 11 is 0. The molecular formula is C20H24N2O5S. The van der Waals surface area contributed by atoms with Gasteiger partial charge >= 0.3 is 5.97 Å². The molecule has 0 bridgehead atoms. The SMILES string of the molecule is Cc1ccc(S(=O)(=O)NCC(=O)OCC(=O)c2cc(C)n(C3CC3)c2C)cc1. The lowest BCUT2D eigenvalue weighted by Crippen LogP contribution is -2.31. The lowest BCUT2D eigenvalue weighted by atomic mass is 10.1. The van der Waals surface area contributed by atoms with Gasteiger partial charge in [0.2, 0.25) is 15.8 Å². The van der Waals surface area contributed by atoms with Crippen LogP contribution in [0.15, 0.2) is 35.2 Å². The number of carbonyl (C=O) groups excluding carboxylic acids is 2. The molecule has 0 atom stereocenters. The number of ether oxygens (including phenoxy) is 1. The van der Waals surface area contributed by atoms with Crippen LogP contribution in [0.25, 0.3) is 0 Å². The second-order valence-corrected chi connectivity index (χ2v) is 8.87. The second kappa shape index (κ2) is 7.89. The van der Waals surface area contributed by atoms with Gasteiger partial charge in [-0.15, -0.1) is 0 Å². The second-order valence-electron chi connectivity index (χ2n) is 7.11. The third-order valence-electron chi connectivity index (χ3n) is 4.80. The number of aryl methyl sites for hydroxylation is 2. The fourth-order valence-corrected chi connectivity index (χ4v) is 4.15. The third-order valence-corrected chi connectivity index (χ3v) is 6.22. The highest BCUT2D eigenvalue weighted by atomic mass is 32.2. The summed E-state index contributed by atoms with van der Waals surface area (Å²) in [5.74, 6) is -1.10. The maximum atomic E-state index is 12.4. The number of Topliss-reactive ketones (excluding diaryl/α,β-unsaturated/α-hetero) is 1. The average Bonchev–Trinajstić information content (AvgIpc) is 3.43. The number of nitrogens with one attached hydrogen (secondary N) is 1. The molecule has 1 aromatic heterocycles. The molecule has 7 nitrogen and oxygen atoms in total. The van der Waals surface area contributed by atoms with Crippen molar-refractivity contribution in [1.29, 1.82) is 0 Å². The summed E-state index contributed by atoms with van der Waals surface area (Å²) in [4.78, 5) is 24.3. The topological polar surface area (TPSA) is 94.5 Å². The monoisotopic (exact) mass is 404 g/mol. The van der Waals surface area contributed by atoms with Gasteiger partial charge in [0.1, 0.15) is 6.54 Å². The van der Waals surface area contributed by atoms with Crippen LogP contribution in [-0.2, 0) is 19.6 Å². The molecule has 1 heterocycles. The molecule has 1 fully saturated rings. The molecule has 8 heteroatoms. The fourth-order valence-electron chi connectivity index (χ4n) is 3.18. The number of ketones is 1. The van der Waals surface area contributed by atoms with Crippen LogP contribution in [0.4, 0.5) is 0 Å². The van der Waals surface area contributed by atoms with Crippen LogP contribution >= 0.6 is 0 Å². The number of hydrogen-bond acceptors (Lipinski definition) is 5. The van der Waals surface area contributed by atoms with E-state index in [2.05, 4.69) is 9.29 Å². The van der Waals surface area contributed by atoms with Gasteiger partial charge < -0.3 is 9.30 Å². The van der Waals surface area contributed by atoms with E-state index < -0.39 is 29.1 Å². The summed E-state index contributed by atoms with van der Waals surface area (Å²) < 4.78 is 33.6. The Labute approximate surface area is 164 Å². The molecule has 150 valence electrons. The minimum atomic E-state index is -3.81. The van der Waals surface area contributed by atoms with Crippen LogP contribution < -0.4 is 4.72 Å². The van der Waals surface area contributed by atoms with Crippen LogP contribution in [0.3, 0.4) is 0 Å². The van der Waals surface area contributed by atoms with Crippen molar-refractivity contribution in [3.05, 3.63) is 52.8 Å². The Hall–Kier alpha value is -2.45. The molecule has 1 aliphatic carbocycles. The van der Waals surface area contributed by atoms with Gasteiger partial charge in [-0.05, 0) is 51.8 Å². The Morgan fingerprint density at radius 3 is 2.39 bits per heavy atom. The average molecular weight is 404 g/mol. The van der Waals surface area contributed by atoms with E-state index in [4.69, 9.17) is 4.74 Å². The molecule has 1 saturated carbocycles. The maximum Gasteiger partial charge on any atom is 0.321 e. The number of aromatic nitrogens is 1. The summed E-state index contributed by atoms with van der Waals surface area (Å²) in [6.45, 7) is 4.73. The van der Waals surface area contributed by atoms with Crippen molar-refractivity contribution in [2.45, 2.75) is 44.6 Å². The summed E-state index contributed by atoms with van der Waals surface area (Å²) in [7, 11) is -3.81. The van der Waals surface area contributed by atoms with Crippen LogP contribution in [-0.4, -0.2) is 37.9 Å². The van der Waals surface area contributed by atoms with E-state index in [0.29, 0.717) is 11.6 Å². The Bertz CT molecular complexity index is 1000. The van der Waals surface area contributed by atoms with E-state index in [9.17, 15) is 18.0 Å². The van der Waals surface area contributed by atoms with Crippen molar-refractivity contribution < 1.29 is 22.7 Å². The first-order valence-electron chi connectivity index (χ1n) is 9.12. The van der Waals surface area contributed by atoms with Crippen molar-refractivity contribution in [2.75, 3.05) is 13.2 Å². The van der Waals surface area contributed by atoms with E-state index in [0.717, 1.165) is 29.8 Å². The van der Waals surface area contributed by atoms with Gasteiger partial charge in [-0.25, -0.2) is 8.42 Å². The minimum Gasteiger partial charge on any atom is -0.456 e. The van der Waals surface area contributed by atoms with Crippen LogP contribution in [0.5, 0.6) is 0 Å². The highest BCUT2D eigenvalue weighted by Crippen LogP contribution is 2.38. The van der Waals surface area contributed by atoms with E-state index in [1.165, 1.54) is 12.1 Å². The number of hydrogen-bond donors (Lipinski definition) is 1. The Morgan fingerprint density at radius 1 is 1.14 bits per heavy atom. The molecule has 28 heavy (non-hydrogen) atoms. The maximum absolute atomic E-state index is 12.4. The summed E-state index contributed by atoms with van der Waals surface area (Å²) in [6, 6.07) is 8.53. The smallest absolute Gasteiger partial charge is 0.321 e. The predicted molar refractivity (Wildman–Crippen MR) is 104 cm³/mol. The minimum absolute atomic E-state index is 0.0643. The van der Waals surface area contributed by atoms with Gasteiger partial charge in [0.15, 0.2) is 6.61 Å². The predicted octanol–water partition coefficient (Wildman–Crippen LogP) is 2.45. The molecule has 0 aliphatic heterocycles. The zero-order chi connectivity index (χ0) is 20.5. The van der Waals surface area contributed by atoms with E-state index in [1.54, 1.807) is 12.1 Å². The van der Waals surface area contributed by atoms with Crippen LogP contribution in [0.1, 0.15) is 46.2 Å². The van der Waals surface area contributed by atoms with E-state index in [-0.39, 0.29) is 10.7 Å². The van der Waals surface area contributed by atoms with Gasteiger partial charge in [0.25, 0.3) is 0 Å².